The normalized spacial score (nSPS) is 10.6. The van der Waals surface area contributed by atoms with E-state index in [9.17, 15) is 4.79 Å². The summed E-state index contributed by atoms with van der Waals surface area (Å²) in [4.78, 5) is 11.6. The zero-order valence-electron chi connectivity index (χ0n) is 9.38. The van der Waals surface area contributed by atoms with Gasteiger partial charge in [0, 0.05) is 5.56 Å². The fourth-order valence-corrected chi connectivity index (χ4v) is 1.29. The van der Waals surface area contributed by atoms with Crippen molar-refractivity contribution in [3.63, 3.8) is 0 Å². The van der Waals surface area contributed by atoms with E-state index in [0.29, 0.717) is 11.3 Å². The standard InChI is InChI=1S/C13H12N2O2/c1-10-4-6-11(7-5-10)13(16)15-14-9-12-3-2-8-17-12/h2-9H,1H3,(H,15,16)/b14-9-. The molecule has 0 bridgehead atoms. The Balaban J connectivity index is 1.96. The zero-order chi connectivity index (χ0) is 12.1. The van der Waals surface area contributed by atoms with Crippen molar-refractivity contribution in [3.05, 3.63) is 59.5 Å². The lowest BCUT2D eigenvalue weighted by molar-refractivity contribution is 0.0955. The Bertz CT molecular complexity index is 513. The van der Waals surface area contributed by atoms with Crippen LogP contribution >= 0.6 is 0 Å². The number of nitrogens with zero attached hydrogens (tertiary/aromatic N) is 1. The van der Waals surface area contributed by atoms with E-state index < -0.39 is 0 Å². The predicted octanol–water partition coefficient (Wildman–Crippen LogP) is 2.35. The second kappa shape index (κ2) is 5.12. The van der Waals surface area contributed by atoms with Gasteiger partial charge < -0.3 is 4.42 Å². The van der Waals surface area contributed by atoms with Crippen LogP contribution in [0.1, 0.15) is 21.7 Å². The quantitative estimate of drug-likeness (QED) is 0.647. The molecule has 1 aromatic carbocycles. The highest BCUT2D eigenvalue weighted by Crippen LogP contribution is 2.02. The Hall–Kier alpha value is -2.36. The Morgan fingerprint density at radius 1 is 1.29 bits per heavy atom. The fourth-order valence-electron chi connectivity index (χ4n) is 1.29. The number of benzene rings is 1. The smallest absolute Gasteiger partial charge is 0.271 e. The molecule has 1 heterocycles. The van der Waals surface area contributed by atoms with E-state index >= 15 is 0 Å². The minimum atomic E-state index is -0.243. The second-order valence-electron chi connectivity index (χ2n) is 3.58. The topological polar surface area (TPSA) is 54.6 Å². The molecule has 0 aliphatic carbocycles. The summed E-state index contributed by atoms with van der Waals surface area (Å²) in [5, 5.41) is 3.79. The van der Waals surface area contributed by atoms with E-state index in [1.165, 1.54) is 6.21 Å². The van der Waals surface area contributed by atoms with Crippen molar-refractivity contribution in [2.24, 2.45) is 5.10 Å². The van der Waals surface area contributed by atoms with Gasteiger partial charge in [-0.05, 0) is 31.2 Å². The first-order valence-electron chi connectivity index (χ1n) is 5.19. The maximum atomic E-state index is 11.6. The van der Waals surface area contributed by atoms with Crippen molar-refractivity contribution in [1.82, 2.24) is 5.43 Å². The largest absolute Gasteiger partial charge is 0.463 e. The maximum absolute atomic E-state index is 11.6. The molecule has 0 saturated carbocycles. The number of aryl methyl sites for hydroxylation is 1. The molecule has 2 aromatic rings. The molecule has 0 fully saturated rings. The molecule has 0 saturated heterocycles. The summed E-state index contributed by atoms with van der Waals surface area (Å²) in [7, 11) is 0. The van der Waals surface area contributed by atoms with Crippen molar-refractivity contribution in [2.75, 3.05) is 0 Å². The third-order valence-corrected chi connectivity index (χ3v) is 2.21. The van der Waals surface area contributed by atoms with E-state index in [1.807, 2.05) is 19.1 Å². The van der Waals surface area contributed by atoms with E-state index in [1.54, 1.807) is 30.5 Å². The monoisotopic (exact) mass is 228 g/mol. The number of carbonyl (C=O) groups is 1. The second-order valence-corrected chi connectivity index (χ2v) is 3.58. The minimum absolute atomic E-state index is 0.243. The van der Waals surface area contributed by atoms with Crippen LogP contribution in [0.15, 0.2) is 52.2 Å². The molecule has 86 valence electrons. The molecule has 0 atom stereocenters. The molecule has 1 N–H and O–H groups in total. The summed E-state index contributed by atoms with van der Waals surface area (Å²) in [6.07, 6.45) is 3.00. The molecule has 0 unspecified atom stereocenters. The van der Waals surface area contributed by atoms with Crippen LogP contribution in [-0.2, 0) is 0 Å². The van der Waals surface area contributed by atoms with Crippen LogP contribution in [0.5, 0.6) is 0 Å². The SMILES string of the molecule is Cc1ccc(C(=O)N/N=C\c2ccco2)cc1. The van der Waals surface area contributed by atoms with E-state index in [-0.39, 0.29) is 5.91 Å². The molecule has 1 amide bonds. The van der Waals surface area contributed by atoms with Gasteiger partial charge in [-0.2, -0.15) is 5.10 Å². The molecule has 0 spiro atoms. The Labute approximate surface area is 99.0 Å². The summed E-state index contributed by atoms with van der Waals surface area (Å²) in [5.74, 6) is 0.349. The molecular weight excluding hydrogens is 216 g/mol. The molecular formula is C13H12N2O2. The summed E-state index contributed by atoms with van der Waals surface area (Å²) >= 11 is 0. The van der Waals surface area contributed by atoms with E-state index in [4.69, 9.17) is 4.42 Å². The average molecular weight is 228 g/mol. The van der Waals surface area contributed by atoms with Crippen LogP contribution in [0.2, 0.25) is 0 Å². The summed E-state index contributed by atoms with van der Waals surface area (Å²) in [6, 6.07) is 10.8. The van der Waals surface area contributed by atoms with Crippen LogP contribution in [0.4, 0.5) is 0 Å². The van der Waals surface area contributed by atoms with Crippen LogP contribution < -0.4 is 5.43 Å². The lowest BCUT2D eigenvalue weighted by atomic mass is 10.1. The van der Waals surface area contributed by atoms with E-state index in [2.05, 4.69) is 10.5 Å². The van der Waals surface area contributed by atoms with Crippen molar-refractivity contribution < 1.29 is 9.21 Å². The van der Waals surface area contributed by atoms with Crippen molar-refractivity contribution in [1.29, 1.82) is 0 Å². The summed E-state index contributed by atoms with van der Waals surface area (Å²) in [5.41, 5.74) is 4.12. The van der Waals surface area contributed by atoms with Gasteiger partial charge in [0.25, 0.3) is 5.91 Å². The van der Waals surface area contributed by atoms with Gasteiger partial charge in [0.05, 0.1) is 12.5 Å². The number of nitrogens with one attached hydrogen (secondary N) is 1. The van der Waals surface area contributed by atoms with E-state index in [0.717, 1.165) is 5.56 Å². The van der Waals surface area contributed by atoms with Crippen molar-refractivity contribution in [3.8, 4) is 0 Å². The van der Waals surface area contributed by atoms with Gasteiger partial charge in [-0.3, -0.25) is 4.79 Å². The number of carbonyl (C=O) groups excluding carboxylic acids is 1. The lowest BCUT2D eigenvalue weighted by Crippen LogP contribution is -2.17. The molecule has 0 radical (unpaired) electrons. The van der Waals surface area contributed by atoms with Gasteiger partial charge in [0.2, 0.25) is 0 Å². The molecule has 0 aliphatic rings. The number of amides is 1. The number of hydrogen-bond donors (Lipinski definition) is 1. The van der Waals surface area contributed by atoms with Crippen LogP contribution in [0.25, 0.3) is 0 Å². The summed E-state index contributed by atoms with van der Waals surface area (Å²) in [6.45, 7) is 1.97. The van der Waals surface area contributed by atoms with Gasteiger partial charge in [-0.1, -0.05) is 17.7 Å². The number of rotatable bonds is 3. The molecule has 2 rings (SSSR count). The van der Waals surface area contributed by atoms with Crippen LogP contribution in [0, 0.1) is 6.92 Å². The molecule has 4 heteroatoms. The fraction of sp³-hybridized carbons (Fsp3) is 0.0769. The Morgan fingerprint density at radius 3 is 2.71 bits per heavy atom. The van der Waals surface area contributed by atoms with Gasteiger partial charge in [-0.15, -0.1) is 0 Å². The van der Waals surface area contributed by atoms with Gasteiger partial charge in [-0.25, -0.2) is 5.43 Å². The highest BCUT2D eigenvalue weighted by Gasteiger charge is 2.02. The molecule has 1 aromatic heterocycles. The molecule has 17 heavy (non-hydrogen) atoms. The highest BCUT2D eigenvalue weighted by atomic mass is 16.3. The van der Waals surface area contributed by atoms with Crippen LogP contribution in [-0.4, -0.2) is 12.1 Å². The third kappa shape index (κ3) is 3.04. The highest BCUT2D eigenvalue weighted by molar-refractivity contribution is 5.94. The Kier molecular flexibility index (Phi) is 3.35. The first-order valence-corrected chi connectivity index (χ1v) is 5.19. The molecule has 0 aliphatic heterocycles. The first-order chi connectivity index (χ1) is 8.25. The van der Waals surface area contributed by atoms with Gasteiger partial charge >= 0.3 is 0 Å². The van der Waals surface area contributed by atoms with Crippen LogP contribution in [0.3, 0.4) is 0 Å². The number of hydrazone groups is 1. The first kappa shape index (κ1) is 11.1. The van der Waals surface area contributed by atoms with Gasteiger partial charge in [0.1, 0.15) is 5.76 Å². The number of hydrogen-bond acceptors (Lipinski definition) is 3. The molecule has 4 nitrogen and oxygen atoms in total. The summed E-state index contributed by atoms with van der Waals surface area (Å²) < 4.78 is 5.04. The van der Waals surface area contributed by atoms with Crippen molar-refractivity contribution >= 4 is 12.1 Å². The minimum Gasteiger partial charge on any atom is -0.463 e. The van der Waals surface area contributed by atoms with Gasteiger partial charge in [0.15, 0.2) is 0 Å². The number of furan rings is 1. The average Bonchev–Trinajstić information content (AvgIpc) is 2.83. The maximum Gasteiger partial charge on any atom is 0.271 e. The lowest BCUT2D eigenvalue weighted by Gasteiger charge is -1.99. The third-order valence-electron chi connectivity index (χ3n) is 2.21. The zero-order valence-corrected chi connectivity index (χ0v) is 9.38. The van der Waals surface area contributed by atoms with Crippen molar-refractivity contribution in [2.45, 2.75) is 6.92 Å². The Morgan fingerprint density at radius 2 is 2.06 bits per heavy atom. The predicted molar refractivity (Wildman–Crippen MR) is 64.9 cm³/mol.